The van der Waals surface area contributed by atoms with E-state index >= 15 is 0 Å². The number of aromatic carboxylic acids is 1. The molecule has 0 spiro atoms. The minimum atomic E-state index is -1.00. The van der Waals surface area contributed by atoms with Gasteiger partial charge in [0.05, 0.1) is 19.2 Å². The molecule has 21 heavy (non-hydrogen) atoms. The molecule has 0 fully saturated rings. The first-order valence-corrected chi connectivity index (χ1v) is 6.23. The Labute approximate surface area is 119 Å². The van der Waals surface area contributed by atoms with Crippen LogP contribution in [0.25, 0.3) is 11.0 Å². The fourth-order valence-corrected chi connectivity index (χ4v) is 2.15. The monoisotopic (exact) mass is 284 g/mol. The van der Waals surface area contributed by atoms with Gasteiger partial charge in [0.1, 0.15) is 11.0 Å². The van der Waals surface area contributed by atoms with Crippen molar-refractivity contribution in [3.8, 4) is 5.88 Å². The highest BCUT2D eigenvalue weighted by Crippen LogP contribution is 2.18. The van der Waals surface area contributed by atoms with Gasteiger partial charge in [0.15, 0.2) is 0 Å². The zero-order chi connectivity index (χ0) is 14.8. The molecule has 0 aliphatic rings. The van der Waals surface area contributed by atoms with Gasteiger partial charge in [0.25, 0.3) is 0 Å². The summed E-state index contributed by atoms with van der Waals surface area (Å²) in [6, 6.07) is 8.52. The third-order valence-corrected chi connectivity index (χ3v) is 3.10. The molecule has 7 nitrogen and oxygen atoms in total. The number of benzene rings is 1. The maximum Gasteiger partial charge on any atom is 0.337 e. The first-order valence-electron chi connectivity index (χ1n) is 6.23. The molecule has 0 amide bonds. The Hall–Kier alpha value is -2.96. The van der Waals surface area contributed by atoms with Crippen molar-refractivity contribution in [1.29, 1.82) is 0 Å². The molecule has 7 heteroatoms. The zero-order valence-corrected chi connectivity index (χ0v) is 11.2. The average molecular weight is 284 g/mol. The van der Waals surface area contributed by atoms with E-state index in [2.05, 4.69) is 15.3 Å². The van der Waals surface area contributed by atoms with Crippen LogP contribution in [0.15, 0.2) is 36.5 Å². The number of carbonyl (C=O) groups is 1. The summed E-state index contributed by atoms with van der Waals surface area (Å²) in [5, 5.41) is 17.3. The van der Waals surface area contributed by atoms with E-state index in [9.17, 15) is 9.90 Å². The number of ether oxygens (including phenoxy) is 1. The van der Waals surface area contributed by atoms with E-state index in [1.165, 1.54) is 6.07 Å². The first-order chi connectivity index (χ1) is 10.2. The molecule has 106 valence electrons. The second-order valence-corrected chi connectivity index (χ2v) is 4.43. The van der Waals surface area contributed by atoms with E-state index < -0.39 is 5.97 Å². The van der Waals surface area contributed by atoms with Crippen molar-refractivity contribution in [2.24, 2.45) is 0 Å². The summed E-state index contributed by atoms with van der Waals surface area (Å²) in [4.78, 5) is 15.4. The van der Waals surface area contributed by atoms with Crippen molar-refractivity contribution in [3.63, 3.8) is 0 Å². The van der Waals surface area contributed by atoms with E-state index in [0.717, 1.165) is 5.56 Å². The predicted octanol–water partition coefficient (Wildman–Crippen LogP) is 1.58. The summed E-state index contributed by atoms with van der Waals surface area (Å²) < 4.78 is 6.64. The lowest BCUT2D eigenvalue weighted by atomic mass is 10.2. The number of para-hydroxylation sites is 1. The van der Waals surface area contributed by atoms with Crippen LogP contribution in [-0.2, 0) is 6.54 Å². The van der Waals surface area contributed by atoms with Crippen molar-refractivity contribution >= 4 is 17.0 Å². The van der Waals surface area contributed by atoms with Crippen LogP contribution in [0.2, 0.25) is 0 Å². The molecule has 0 saturated heterocycles. The predicted molar refractivity (Wildman–Crippen MR) is 74.4 cm³/mol. The maximum absolute atomic E-state index is 11.3. The fraction of sp³-hybridized carbons (Fsp3) is 0.143. The molecule has 1 N–H and O–H groups in total. The number of hydrogen-bond donors (Lipinski definition) is 1. The van der Waals surface area contributed by atoms with Crippen molar-refractivity contribution < 1.29 is 14.6 Å². The van der Waals surface area contributed by atoms with Gasteiger partial charge in [0, 0.05) is 12.3 Å². The van der Waals surface area contributed by atoms with Gasteiger partial charge in [-0.15, -0.1) is 5.10 Å². The lowest BCUT2D eigenvalue weighted by Crippen LogP contribution is -2.06. The number of aromatic nitrogens is 4. The second-order valence-electron chi connectivity index (χ2n) is 4.43. The Kier molecular flexibility index (Phi) is 3.23. The summed E-state index contributed by atoms with van der Waals surface area (Å²) >= 11 is 0. The lowest BCUT2D eigenvalue weighted by molar-refractivity contribution is 0.0698. The Morgan fingerprint density at radius 1 is 1.38 bits per heavy atom. The molecule has 3 rings (SSSR count). The normalized spacial score (nSPS) is 10.7. The molecule has 3 aromatic rings. The summed E-state index contributed by atoms with van der Waals surface area (Å²) in [5.74, 6) is -0.508. The van der Waals surface area contributed by atoms with Crippen LogP contribution in [-0.4, -0.2) is 38.2 Å². The summed E-state index contributed by atoms with van der Waals surface area (Å²) in [6.45, 7) is 0.389. The van der Waals surface area contributed by atoms with Crippen LogP contribution >= 0.6 is 0 Å². The van der Waals surface area contributed by atoms with Gasteiger partial charge in [0.2, 0.25) is 5.88 Å². The lowest BCUT2D eigenvalue weighted by Gasteiger charge is -2.06. The second kappa shape index (κ2) is 5.20. The zero-order valence-electron chi connectivity index (χ0n) is 11.2. The molecule has 0 unspecified atom stereocenters. The Balaban J connectivity index is 2.06. The fourth-order valence-electron chi connectivity index (χ4n) is 2.15. The molecule has 0 saturated carbocycles. The minimum absolute atomic E-state index is 0.179. The molecule has 0 radical (unpaired) electrons. The topological polar surface area (TPSA) is 90.1 Å². The molecular formula is C14H12N4O3. The van der Waals surface area contributed by atoms with Gasteiger partial charge >= 0.3 is 5.97 Å². The molecule has 1 aromatic carbocycles. The van der Waals surface area contributed by atoms with Crippen molar-refractivity contribution in [2.45, 2.75) is 6.54 Å². The minimum Gasteiger partial charge on any atom is -0.481 e. The molecular weight excluding hydrogens is 272 g/mol. The van der Waals surface area contributed by atoms with Gasteiger partial charge in [-0.3, -0.25) is 0 Å². The highest BCUT2D eigenvalue weighted by Gasteiger charge is 2.14. The van der Waals surface area contributed by atoms with Crippen LogP contribution in [0.5, 0.6) is 5.88 Å². The van der Waals surface area contributed by atoms with Crippen molar-refractivity contribution in [2.75, 3.05) is 7.11 Å². The van der Waals surface area contributed by atoms with E-state index in [1.54, 1.807) is 36.2 Å². The highest BCUT2D eigenvalue weighted by molar-refractivity contribution is 6.00. The number of nitrogens with zero attached hydrogens (tertiary/aromatic N) is 4. The highest BCUT2D eigenvalue weighted by atomic mass is 16.5. The number of rotatable bonds is 4. The molecule has 0 aliphatic carbocycles. The van der Waals surface area contributed by atoms with Crippen LogP contribution < -0.4 is 4.74 Å². The van der Waals surface area contributed by atoms with Gasteiger partial charge in [-0.05, 0) is 23.8 Å². The average Bonchev–Trinajstić information content (AvgIpc) is 2.90. The van der Waals surface area contributed by atoms with E-state index in [1.807, 2.05) is 6.07 Å². The molecule has 0 aliphatic heterocycles. The third-order valence-electron chi connectivity index (χ3n) is 3.10. The van der Waals surface area contributed by atoms with E-state index in [-0.39, 0.29) is 5.56 Å². The summed E-state index contributed by atoms with van der Waals surface area (Å²) in [7, 11) is 1.54. The standard InChI is InChI=1S/C14H12N4O3/c1-21-12-7-9(5-6-15-12)8-18-13-10(14(19)20)3-2-4-11(13)16-17-18/h2-7H,8H2,1H3,(H,19,20). The number of carboxylic acids is 1. The molecule has 2 heterocycles. The third kappa shape index (κ3) is 2.40. The molecule has 2 aromatic heterocycles. The van der Waals surface area contributed by atoms with Gasteiger partial charge in [-0.25, -0.2) is 14.5 Å². The van der Waals surface area contributed by atoms with Gasteiger partial charge in [-0.2, -0.15) is 0 Å². The molecule has 0 bridgehead atoms. The van der Waals surface area contributed by atoms with Gasteiger partial charge in [-0.1, -0.05) is 11.3 Å². The smallest absolute Gasteiger partial charge is 0.337 e. The largest absolute Gasteiger partial charge is 0.481 e. The number of fused-ring (bicyclic) bond motifs is 1. The number of pyridine rings is 1. The van der Waals surface area contributed by atoms with E-state index in [4.69, 9.17) is 4.74 Å². The van der Waals surface area contributed by atoms with Crippen molar-refractivity contribution in [3.05, 3.63) is 47.7 Å². The van der Waals surface area contributed by atoms with E-state index in [0.29, 0.717) is 23.5 Å². The summed E-state index contributed by atoms with van der Waals surface area (Å²) in [5.41, 5.74) is 2.13. The Morgan fingerprint density at radius 3 is 3.00 bits per heavy atom. The van der Waals surface area contributed by atoms with Crippen LogP contribution in [0, 0.1) is 0 Å². The quantitative estimate of drug-likeness (QED) is 0.782. The summed E-state index contributed by atoms with van der Waals surface area (Å²) in [6.07, 6.45) is 1.63. The SMILES string of the molecule is COc1cc(Cn2nnc3cccc(C(=O)O)c32)ccn1. The van der Waals surface area contributed by atoms with Crippen LogP contribution in [0.3, 0.4) is 0 Å². The van der Waals surface area contributed by atoms with Crippen LogP contribution in [0.4, 0.5) is 0 Å². The number of hydrogen-bond acceptors (Lipinski definition) is 5. The Morgan fingerprint density at radius 2 is 2.24 bits per heavy atom. The Bertz CT molecular complexity index is 813. The van der Waals surface area contributed by atoms with Crippen LogP contribution in [0.1, 0.15) is 15.9 Å². The maximum atomic E-state index is 11.3. The number of carboxylic acid groups (broad SMARTS) is 1. The van der Waals surface area contributed by atoms with Crippen molar-refractivity contribution in [1.82, 2.24) is 20.0 Å². The molecule has 0 atom stereocenters. The first kappa shape index (κ1) is 13.0. The van der Waals surface area contributed by atoms with Gasteiger partial charge < -0.3 is 9.84 Å². The number of methoxy groups -OCH3 is 1.